The van der Waals surface area contributed by atoms with Gasteiger partial charge < -0.3 is 33.3 Å². The first-order valence-corrected chi connectivity index (χ1v) is 15.6. The van der Waals surface area contributed by atoms with Gasteiger partial charge in [-0.2, -0.15) is 0 Å². The largest absolute Gasteiger partial charge is 0.463 e. The van der Waals surface area contributed by atoms with Gasteiger partial charge in [0.2, 0.25) is 12.4 Å². The van der Waals surface area contributed by atoms with Crippen molar-refractivity contribution in [3.05, 3.63) is 71.8 Å². The SMILES string of the molecule is CC(=O)N[C@@H]1[C@@H](OC(C)=O)[C@H](OC(C)=O)[C@@H](COC(C)=O)O[C@@H]1P(=S)(OCc1ccccc1)OCc1ccccc1. The summed E-state index contributed by atoms with van der Waals surface area (Å²) in [7, 11) is 0. The van der Waals surface area contributed by atoms with Crippen LogP contribution in [-0.4, -0.2) is 60.6 Å². The van der Waals surface area contributed by atoms with Crippen LogP contribution in [0.15, 0.2) is 60.7 Å². The topological polar surface area (TPSA) is 136 Å². The molecule has 222 valence electrons. The van der Waals surface area contributed by atoms with Gasteiger partial charge in [-0.15, -0.1) is 0 Å². The van der Waals surface area contributed by atoms with Crippen LogP contribution in [0.1, 0.15) is 38.8 Å². The van der Waals surface area contributed by atoms with E-state index in [1.54, 1.807) is 0 Å². The van der Waals surface area contributed by atoms with E-state index in [0.29, 0.717) is 0 Å². The van der Waals surface area contributed by atoms with Crippen molar-refractivity contribution >= 4 is 42.1 Å². The molecule has 0 radical (unpaired) electrons. The molecule has 0 aliphatic carbocycles. The second kappa shape index (κ2) is 15.2. The molecule has 2 aromatic carbocycles. The Morgan fingerprint density at radius 2 is 1.27 bits per heavy atom. The number of amides is 1. The van der Waals surface area contributed by atoms with Gasteiger partial charge in [-0.25, -0.2) is 0 Å². The van der Waals surface area contributed by atoms with Crippen LogP contribution >= 0.6 is 6.49 Å². The minimum atomic E-state index is -3.54. The Hall–Kier alpha value is -3.15. The van der Waals surface area contributed by atoms with Gasteiger partial charge in [-0.05, 0) is 22.9 Å². The molecule has 2 aromatic rings. The van der Waals surface area contributed by atoms with E-state index in [2.05, 4.69) is 5.32 Å². The van der Waals surface area contributed by atoms with Crippen molar-refractivity contribution in [1.29, 1.82) is 0 Å². The fourth-order valence-corrected chi connectivity index (χ4v) is 7.07. The predicted molar refractivity (Wildman–Crippen MR) is 151 cm³/mol. The van der Waals surface area contributed by atoms with E-state index in [9.17, 15) is 19.2 Å². The third-order valence-electron chi connectivity index (χ3n) is 5.91. The van der Waals surface area contributed by atoms with Gasteiger partial charge in [0, 0.05) is 27.7 Å². The first-order chi connectivity index (χ1) is 19.5. The molecule has 0 saturated carbocycles. The van der Waals surface area contributed by atoms with E-state index in [1.807, 2.05) is 60.7 Å². The number of benzene rings is 2. The molecule has 1 amide bonds. The number of nitrogens with one attached hydrogen (secondary N) is 1. The normalized spacial score (nSPS) is 22.3. The van der Waals surface area contributed by atoms with Crippen LogP contribution in [0.4, 0.5) is 0 Å². The summed E-state index contributed by atoms with van der Waals surface area (Å²) < 4.78 is 35.3. The molecule has 1 saturated heterocycles. The molecule has 1 heterocycles. The Bertz CT molecular complexity index is 1200. The average molecular weight is 608 g/mol. The first kappa shape index (κ1) is 32.4. The van der Waals surface area contributed by atoms with Gasteiger partial charge in [0.1, 0.15) is 18.8 Å². The maximum atomic E-state index is 12.4. The summed E-state index contributed by atoms with van der Waals surface area (Å²) in [6.45, 7) is 1.04. The highest BCUT2D eigenvalue weighted by Crippen LogP contribution is 2.58. The minimum Gasteiger partial charge on any atom is -0.463 e. The smallest absolute Gasteiger partial charge is 0.303 e. The molecule has 5 atom stereocenters. The second-order valence-corrected chi connectivity index (χ2v) is 12.9. The minimum absolute atomic E-state index is 0.0553. The van der Waals surface area contributed by atoms with Gasteiger partial charge >= 0.3 is 17.9 Å². The lowest BCUT2D eigenvalue weighted by Crippen LogP contribution is -2.66. The van der Waals surface area contributed by atoms with Crippen molar-refractivity contribution in [3.63, 3.8) is 0 Å². The molecule has 0 aromatic heterocycles. The van der Waals surface area contributed by atoms with Gasteiger partial charge in [-0.1, -0.05) is 60.7 Å². The Morgan fingerprint density at radius 1 is 0.780 bits per heavy atom. The highest BCUT2D eigenvalue weighted by molar-refractivity contribution is 8.10. The Kier molecular flexibility index (Phi) is 12.0. The zero-order valence-corrected chi connectivity index (χ0v) is 24.9. The number of rotatable bonds is 12. The number of carbonyl (C=O) groups excluding carboxylic acids is 4. The van der Waals surface area contributed by atoms with Crippen LogP contribution in [0.5, 0.6) is 0 Å². The van der Waals surface area contributed by atoms with Crippen molar-refractivity contribution in [3.8, 4) is 0 Å². The van der Waals surface area contributed by atoms with E-state index < -0.39 is 60.5 Å². The number of hydrogen-bond acceptors (Lipinski definition) is 11. The van der Waals surface area contributed by atoms with Gasteiger partial charge in [0.15, 0.2) is 18.1 Å². The molecule has 3 rings (SSSR count). The van der Waals surface area contributed by atoms with Crippen LogP contribution in [0.25, 0.3) is 0 Å². The summed E-state index contributed by atoms with van der Waals surface area (Å²) in [5, 5.41) is 2.74. The van der Waals surface area contributed by atoms with Crippen LogP contribution in [0.2, 0.25) is 0 Å². The number of carbonyl (C=O) groups is 4. The Balaban J connectivity index is 2.08. The predicted octanol–water partition coefficient (Wildman–Crippen LogP) is 3.39. The van der Waals surface area contributed by atoms with E-state index in [1.165, 1.54) is 27.7 Å². The summed E-state index contributed by atoms with van der Waals surface area (Å²) in [5.74, 6) is -3.72. The van der Waals surface area contributed by atoms with E-state index >= 15 is 0 Å². The Labute approximate surface area is 243 Å². The second-order valence-electron chi connectivity index (χ2n) is 9.30. The molecule has 1 aliphatic heterocycles. The zero-order valence-electron chi connectivity index (χ0n) is 23.2. The van der Waals surface area contributed by atoms with Crippen molar-refractivity contribution in [2.45, 2.75) is 71.1 Å². The zero-order chi connectivity index (χ0) is 30.0. The lowest BCUT2D eigenvalue weighted by atomic mass is 9.97. The highest BCUT2D eigenvalue weighted by Gasteiger charge is 2.55. The van der Waals surface area contributed by atoms with E-state index in [-0.39, 0.29) is 19.8 Å². The lowest BCUT2D eigenvalue weighted by Gasteiger charge is -2.47. The van der Waals surface area contributed by atoms with Crippen molar-refractivity contribution < 1.29 is 47.2 Å². The van der Waals surface area contributed by atoms with Gasteiger partial charge in [0.25, 0.3) is 0 Å². The van der Waals surface area contributed by atoms with Crippen molar-refractivity contribution in [2.75, 3.05) is 6.61 Å². The Morgan fingerprint density at radius 3 is 1.71 bits per heavy atom. The van der Waals surface area contributed by atoms with Crippen LogP contribution < -0.4 is 5.32 Å². The molecule has 11 nitrogen and oxygen atoms in total. The summed E-state index contributed by atoms with van der Waals surface area (Å²) in [6.07, 6.45) is -3.66. The molecule has 13 heteroatoms. The highest BCUT2D eigenvalue weighted by atomic mass is 32.5. The van der Waals surface area contributed by atoms with E-state index in [4.69, 9.17) is 39.8 Å². The maximum absolute atomic E-state index is 12.4. The molecular weight excluding hydrogens is 573 g/mol. The number of ether oxygens (including phenoxy) is 4. The molecule has 1 aliphatic rings. The molecular formula is C28H34NO10PS. The molecule has 0 unspecified atom stereocenters. The fourth-order valence-electron chi connectivity index (χ4n) is 4.24. The average Bonchev–Trinajstić information content (AvgIpc) is 2.92. The van der Waals surface area contributed by atoms with Crippen LogP contribution in [0, 0.1) is 0 Å². The van der Waals surface area contributed by atoms with Crippen molar-refractivity contribution in [2.24, 2.45) is 0 Å². The molecule has 0 spiro atoms. The summed E-state index contributed by atoms with van der Waals surface area (Å²) in [5.41, 5.74) is 1.62. The first-order valence-electron chi connectivity index (χ1n) is 12.9. The van der Waals surface area contributed by atoms with Gasteiger partial charge in [0.05, 0.1) is 13.2 Å². The summed E-state index contributed by atoms with van der Waals surface area (Å²) >= 11 is 6.07. The fraction of sp³-hybridized carbons (Fsp3) is 0.429. The molecule has 1 N–H and O–H groups in total. The summed E-state index contributed by atoms with van der Waals surface area (Å²) in [4.78, 5) is 48.4. The standard InChI is InChI=1S/C28H34NO10PS/c1-18(30)29-25-27(38-21(4)33)26(37-20(3)32)24(17-34-19(2)31)39-28(25)40(41,35-15-22-11-7-5-8-12-22)36-16-23-13-9-6-10-14-23/h5-14,24-28H,15-17H2,1-4H3,(H,29,30)/t24-,25-,26-,27-,28-/m1/s1. The number of esters is 3. The quantitative estimate of drug-likeness (QED) is 0.216. The molecule has 0 bridgehead atoms. The molecule has 41 heavy (non-hydrogen) atoms. The third-order valence-corrected chi connectivity index (χ3v) is 9.21. The monoisotopic (exact) mass is 607 g/mol. The van der Waals surface area contributed by atoms with Crippen LogP contribution in [-0.2, 0) is 72.2 Å². The maximum Gasteiger partial charge on any atom is 0.303 e. The van der Waals surface area contributed by atoms with Gasteiger partial charge in [-0.3, -0.25) is 19.2 Å². The number of hydrogen-bond donors (Lipinski definition) is 1. The molecule has 1 fully saturated rings. The summed E-state index contributed by atoms with van der Waals surface area (Å²) in [6, 6.07) is 17.4. The third kappa shape index (κ3) is 9.72. The van der Waals surface area contributed by atoms with Crippen LogP contribution in [0.3, 0.4) is 0 Å². The lowest BCUT2D eigenvalue weighted by molar-refractivity contribution is -0.214. The van der Waals surface area contributed by atoms with Crippen molar-refractivity contribution in [1.82, 2.24) is 5.32 Å². The van der Waals surface area contributed by atoms with E-state index in [0.717, 1.165) is 11.1 Å².